The Bertz CT molecular complexity index is 491. The number of hydrogen-bond acceptors (Lipinski definition) is 3. The Kier molecular flexibility index (Phi) is 2.21. The molecule has 0 atom stereocenters. The SMILES string of the molecule is Cc1cc(-n2cccn2)ccc1[N+](=O)[O-]. The molecule has 5 heteroatoms. The van der Waals surface area contributed by atoms with Gasteiger partial charge in [0, 0.05) is 24.0 Å². The van der Waals surface area contributed by atoms with Crippen LogP contribution in [0.25, 0.3) is 5.69 Å². The van der Waals surface area contributed by atoms with Crippen molar-refractivity contribution in [3.8, 4) is 5.69 Å². The van der Waals surface area contributed by atoms with Gasteiger partial charge in [-0.05, 0) is 25.1 Å². The highest BCUT2D eigenvalue weighted by Gasteiger charge is 2.10. The molecule has 76 valence electrons. The number of nitro groups is 1. The zero-order valence-electron chi connectivity index (χ0n) is 8.12. The minimum Gasteiger partial charge on any atom is -0.258 e. The molecule has 1 aromatic carbocycles. The molecule has 15 heavy (non-hydrogen) atoms. The number of nitro benzene ring substituents is 1. The average molecular weight is 203 g/mol. The molecular weight excluding hydrogens is 194 g/mol. The van der Waals surface area contributed by atoms with Gasteiger partial charge in [-0.15, -0.1) is 0 Å². The first kappa shape index (κ1) is 9.39. The van der Waals surface area contributed by atoms with Crippen LogP contribution in [0.5, 0.6) is 0 Å². The Morgan fingerprint density at radius 1 is 1.47 bits per heavy atom. The monoisotopic (exact) mass is 203 g/mol. The first-order valence-corrected chi connectivity index (χ1v) is 4.43. The van der Waals surface area contributed by atoms with Crippen molar-refractivity contribution in [1.29, 1.82) is 0 Å². The lowest BCUT2D eigenvalue weighted by atomic mass is 10.2. The van der Waals surface area contributed by atoms with E-state index in [9.17, 15) is 10.1 Å². The maximum atomic E-state index is 10.6. The molecule has 0 radical (unpaired) electrons. The third-order valence-electron chi connectivity index (χ3n) is 2.15. The second kappa shape index (κ2) is 3.53. The van der Waals surface area contributed by atoms with Gasteiger partial charge in [0.15, 0.2) is 0 Å². The topological polar surface area (TPSA) is 61.0 Å². The minimum absolute atomic E-state index is 0.130. The smallest absolute Gasteiger partial charge is 0.258 e. The largest absolute Gasteiger partial charge is 0.272 e. The van der Waals surface area contributed by atoms with E-state index in [0.717, 1.165) is 5.69 Å². The van der Waals surface area contributed by atoms with Gasteiger partial charge < -0.3 is 0 Å². The highest BCUT2D eigenvalue weighted by atomic mass is 16.6. The van der Waals surface area contributed by atoms with Gasteiger partial charge in [0.25, 0.3) is 5.69 Å². The van der Waals surface area contributed by atoms with Crippen molar-refractivity contribution >= 4 is 5.69 Å². The van der Waals surface area contributed by atoms with Crippen molar-refractivity contribution < 1.29 is 4.92 Å². The number of benzene rings is 1. The van der Waals surface area contributed by atoms with Crippen LogP contribution in [0.15, 0.2) is 36.7 Å². The second-order valence-electron chi connectivity index (χ2n) is 3.18. The maximum absolute atomic E-state index is 10.6. The van der Waals surface area contributed by atoms with Crippen molar-refractivity contribution in [3.63, 3.8) is 0 Å². The Labute approximate surface area is 86.1 Å². The summed E-state index contributed by atoms with van der Waals surface area (Å²) in [6.07, 6.45) is 3.46. The van der Waals surface area contributed by atoms with Gasteiger partial charge in [0.1, 0.15) is 0 Å². The second-order valence-corrected chi connectivity index (χ2v) is 3.18. The number of aromatic nitrogens is 2. The summed E-state index contributed by atoms with van der Waals surface area (Å²) in [5, 5.41) is 14.7. The van der Waals surface area contributed by atoms with E-state index in [1.807, 2.05) is 0 Å². The van der Waals surface area contributed by atoms with Gasteiger partial charge >= 0.3 is 0 Å². The van der Waals surface area contributed by atoms with Crippen LogP contribution in [0.2, 0.25) is 0 Å². The average Bonchev–Trinajstić information content (AvgIpc) is 2.69. The number of hydrogen-bond donors (Lipinski definition) is 0. The van der Waals surface area contributed by atoms with Crippen molar-refractivity contribution in [2.75, 3.05) is 0 Å². The zero-order valence-corrected chi connectivity index (χ0v) is 8.12. The van der Waals surface area contributed by atoms with Crippen LogP contribution >= 0.6 is 0 Å². The van der Waals surface area contributed by atoms with E-state index in [0.29, 0.717) is 5.56 Å². The Balaban J connectivity index is 2.47. The van der Waals surface area contributed by atoms with E-state index in [4.69, 9.17) is 0 Å². The molecule has 0 spiro atoms. The Hall–Kier alpha value is -2.17. The van der Waals surface area contributed by atoms with Gasteiger partial charge in [-0.1, -0.05) is 0 Å². The van der Waals surface area contributed by atoms with Crippen LogP contribution in [0.3, 0.4) is 0 Å². The summed E-state index contributed by atoms with van der Waals surface area (Å²) in [7, 11) is 0. The van der Waals surface area contributed by atoms with Crippen LogP contribution in [0, 0.1) is 17.0 Å². The van der Waals surface area contributed by atoms with E-state index < -0.39 is 0 Å². The normalized spacial score (nSPS) is 10.2. The predicted octanol–water partition coefficient (Wildman–Crippen LogP) is 2.09. The van der Waals surface area contributed by atoms with Crippen molar-refractivity contribution in [1.82, 2.24) is 9.78 Å². The summed E-state index contributed by atoms with van der Waals surface area (Å²) in [4.78, 5) is 10.2. The lowest BCUT2D eigenvalue weighted by Crippen LogP contribution is -1.97. The van der Waals surface area contributed by atoms with Gasteiger partial charge in [0.2, 0.25) is 0 Å². The molecule has 0 N–H and O–H groups in total. The van der Waals surface area contributed by atoms with Crippen molar-refractivity contribution in [3.05, 3.63) is 52.3 Å². The summed E-state index contributed by atoms with van der Waals surface area (Å²) in [5.41, 5.74) is 1.59. The van der Waals surface area contributed by atoms with E-state index in [2.05, 4.69) is 5.10 Å². The molecule has 0 amide bonds. The summed E-state index contributed by atoms with van der Waals surface area (Å²) in [5.74, 6) is 0. The zero-order chi connectivity index (χ0) is 10.8. The molecule has 0 fully saturated rings. The van der Waals surface area contributed by atoms with Crippen LogP contribution in [0.1, 0.15) is 5.56 Å². The Morgan fingerprint density at radius 2 is 2.27 bits per heavy atom. The van der Waals surface area contributed by atoms with Crippen molar-refractivity contribution in [2.45, 2.75) is 6.92 Å². The molecule has 0 unspecified atom stereocenters. The van der Waals surface area contributed by atoms with Gasteiger partial charge in [0.05, 0.1) is 10.6 Å². The molecule has 1 heterocycles. The van der Waals surface area contributed by atoms with E-state index in [1.165, 1.54) is 6.07 Å². The lowest BCUT2D eigenvalue weighted by molar-refractivity contribution is -0.385. The van der Waals surface area contributed by atoms with E-state index in [1.54, 1.807) is 42.2 Å². The van der Waals surface area contributed by atoms with E-state index >= 15 is 0 Å². The third kappa shape index (κ3) is 1.71. The standard InChI is InChI=1S/C10H9N3O2/c1-8-7-9(12-6-2-5-11-12)3-4-10(8)13(14)15/h2-7H,1H3. The molecule has 0 aliphatic carbocycles. The molecule has 0 aliphatic rings. The first-order valence-electron chi connectivity index (χ1n) is 4.43. The van der Waals surface area contributed by atoms with Crippen LogP contribution in [-0.2, 0) is 0 Å². The molecular formula is C10H9N3O2. The fourth-order valence-corrected chi connectivity index (χ4v) is 1.41. The summed E-state index contributed by atoms with van der Waals surface area (Å²) in [6.45, 7) is 1.71. The minimum atomic E-state index is -0.387. The lowest BCUT2D eigenvalue weighted by Gasteiger charge is -2.02. The third-order valence-corrected chi connectivity index (χ3v) is 2.15. The summed E-state index contributed by atoms with van der Waals surface area (Å²) >= 11 is 0. The molecule has 0 saturated carbocycles. The number of rotatable bonds is 2. The number of nitrogens with zero attached hydrogens (tertiary/aromatic N) is 3. The van der Waals surface area contributed by atoms with Gasteiger partial charge in [-0.2, -0.15) is 5.10 Å². The summed E-state index contributed by atoms with van der Waals surface area (Å²) < 4.78 is 1.66. The summed E-state index contributed by atoms with van der Waals surface area (Å²) in [6, 6.07) is 6.71. The van der Waals surface area contributed by atoms with Gasteiger partial charge in [-0.3, -0.25) is 10.1 Å². The van der Waals surface area contributed by atoms with Crippen molar-refractivity contribution in [2.24, 2.45) is 0 Å². The fourth-order valence-electron chi connectivity index (χ4n) is 1.41. The van der Waals surface area contributed by atoms with Crippen LogP contribution in [0.4, 0.5) is 5.69 Å². The van der Waals surface area contributed by atoms with Gasteiger partial charge in [-0.25, -0.2) is 4.68 Å². The first-order chi connectivity index (χ1) is 7.18. The molecule has 2 aromatic rings. The quantitative estimate of drug-likeness (QED) is 0.554. The number of aryl methyl sites for hydroxylation is 1. The molecule has 0 saturated heterocycles. The van der Waals surface area contributed by atoms with E-state index in [-0.39, 0.29) is 10.6 Å². The Morgan fingerprint density at radius 3 is 2.80 bits per heavy atom. The maximum Gasteiger partial charge on any atom is 0.272 e. The fraction of sp³-hybridized carbons (Fsp3) is 0.100. The predicted molar refractivity (Wildman–Crippen MR) is 55.0 cm³/mol. The highest BCUT2D eigenvalue weighted by Crippen LogP contribution is 2.20. The molecule has 0 bridgehead atoms. The molecule has 2 rings (SSSR count). The molecule has 5 nitrogen and oxygen atoms in total. The highest BCUT2D eigenvalue weighted by molar-refractivity contribution is 5.47. The molecule has 0 aliphatic heterocycles. The van der Waals surface area contributed by atoms with Crippen LogP contribution in [-0.4, -0.2) is 14.7 Å². The molecule has 1 aromatic heterocycles. The van der Waals surface area contributed by atoms with Crippen LogP contribution < -0.4 is 0 Å².